The second-order valence-corrected chi connectivity index (χ2v) is 8.04. The van der Waals surface area contributed by atoms with Crippen LogP contribution in [0.25, 0.3) is 0 Å². The van der Waals surface area contributed by atoms with Crippen molar-refractivity contribution in [3.63, 3.8) is 0 Å². The van der Waals surface area contributed by atoms with Gasteiger partial charge in [0.2, 0.25) is 0 Å². The van der Waals surface area contributed by atoms with E-state index in [4.69, 9.17) is 4.74 Å². The third-order valence-electron chi connectivity index (χ3n) is 5.49. The molecule has 0 atom stereocenters. The van der Waals surface area contributed by atoms with E-state index in [-0.39, 0.29) is 42.3 Å². The Morgan fingerprint density at radius 3 is 2.23 bits per heavy atom. The normalized spacial score (nSPS) is 18.0. The minimum Gasteiger partial charge on any atom is -0.450 e. The second-order valence-electron chi connectivity index (χ2n) is 8.04. The lowest BCUT2D eigenvalue weighted by molar-refractivity contribution is 0.0974. The highest BCUT2D eigenvalue weighted by molar-refractivity contribution is 6.05. The van der Waals surface area contributed by atoms with Gasteiger partial charge >= 0.3 is 6.09 Å². The van der Waals surface area contributed by atoms with Gasteiger partial charge in [0.15, 0.2) is 17.6 Å². The van der Waals surface area contributed by atoms with E-state index in [0.29, 0.717) is 25.7 Å². The number of aliphatic imine (C=N–C) groups is 1. The maximum atomic E-state index is 14.0. The van der Waals surface area contributed by atoms with Crippen LogP contribution in [0.5, 0.6) is 0 Å². The smallest absolute Gasteiger partial charge is 0.407 e. The lowest BCUT2D eigenvalue weighted by atomic mass is 9.91. The molecular weight excluding hydrogens is 468 g/mol. The van der Waals surface area contributed by atoms with Crippen LogP contribution >= 0.6 is 0 Å². The van der Waals surface area contributed by atoms with Gasteiger partial charge in [0, 0.05) is 23.2 Å². The van der Waals surface area contributed by atoms with Crippen LogP contribution in [0.4, 0.5) is 22.4 Å². The van der Waals surface area contributed by atoms with Crippen LogP contribution in [0, 0.1) is 23.3 Å². The summed E-state index contributed by atoms with van der Waals surface area (Å²) in [5.41, 5.74) is -0.161. The van der Waals surface area contributed by atoms with Crippen molar-refractivity contribution >= 4 is 18.0 Å². The molecule has 1 aliphatic carbocycles. The number of hydrogen-bond donors (Lipinski definition) is 3. The standard InChI is InChI=1S/C24H26F4N4O3/c1-2-35-24(34)31-18-7-5-17(6-8-18)30-23(29-13-15-11-16(25)4-10-19(15)26)32-22(33)14-3-9-20(27)21(28)12-14/h3-4,9-12,17-18H,2,5-8,13H2,1H3,(H,31,34)(H2,29,30,32,33). The molecule has 3 N–H and O–H groups in total. The van der Waals surface area contributed by atoms with Crippen molar-refractivity contribution in [2.24, 2.45) is 4.99 Å². The highest BCUT2D eigenvalue weighted by atomic mass is 19.2. The minimum absolute atomic E-state index is 0.0197. The molecule has 0 aliphatic heterocycles. The predicted octanol–water partition coefficient (Wildman–Crippen LogP) is 4.18. The van der Waals surface area contributed by atoms with Gasteiger partial charge in [-0.15, -0.1) is 0 Å². The molecule has 0 spiro atoms. The van der Waals surface area contributed by atoms with Gasteiger partial charge in [-0.3, -0.25) is 10.1 Å². The summed E-state index contributed by atoms with van der Waals surface area (Å²) < 4.78 is 59.2. The maximum Gasteiger partial charge on any atom is 0.407 e. The average Bonchev–Trinajstić information content (AvgIpc) is 2.82. The molecular formula is C24H26F4N4O3. The molecule has 1 fully saturated rings. The Balaban J connectivity index is 1.70. The summed E-state index contributed by atoms with van der Waals surface area (Å²) in [7, 11) is 0. The van der Waals surface area contributed by atoms with Crippen molar-refractivity contribution in [3.05, 3.63) is 70.8 Å². The fourth-order valence-electron chi connectivity index (χ4n) is 3.68. The monoisotopic (exact) mass is 494 g/mol. The van der Waals surface area contributed by atoms with Crippen LogP contribution in [0.2, 0.25) is 0 Å². The Hall–Kier alpha value is -3.63. The molecule has 0 bridgehead atoms. The van der Waals surface area contributed by atoms with Gasteiger partial charge < -0.3 is 15.4 Å². The van der Waals surface area contributed by atoms with Crippen LogP contribution < -0.4 is 16.0 Å². The fourth-order valence-corrected chi connectivity index (χ4v) is 3.68. The zero-order valence-corrected chi connectivity index (χ0v) is 19.0. The Bertz CT molecular complexity index is 1090. The molecule has 0 aromatic heterocycles. The largest absolute Gasteiger partial charge is 0.450 e. The Morgan fingerprint density at radius 2 is 1.57 bits per heavy atom. The molecule has 0 saturated heterocycles. The van der Waals surface area contributed by atoms with Gasteiger partial charge in [-0.05, 0) is 69.0 Å². The van der Waals surface area contributed by atoms with Crippen LogP contribution in [0.1, 0.15) is 48.5 Å². The van der Waals surface area contributed by atoms with Crippen LogP contribution in [-0.2, 0) is 11.3 Å². The topological polar surface area (TPSA) is 91.8 Å². The molecule has 0 heterocycles. The zero-order valence-electron chi connectivity index (χ0n) is 19.0. The number of guanidine groups is 1. The van der Waals surface area contributed by atoms with E-state index in [1.54, 1.807) is 6.92 Å². The summed E-state index contributed by atoms with van der Waals surface area (Å²) in [6, 6.07) is 5.45. The number of hydrogen-bond acceptors (Lipinski definition) is 4. The highest BCUT2D eigenvalue weighted by Gasteiger charge is 2.24. The minimum atomic E-state index is -1.18. The number of benzene rings is 2. The molecule has 2 aromatic carbocycles. The number of nitrogens with zero attached hydrogens (tertiary/aromatic N) is 1. The summed E-state index contributed by atoms with van der Waals surface area (Å²) in [5.74, 6) is -4.35. The molecule has 2 amide bonds. The first-order valence-corrected chi connectivity index (χ1v) is 11.2. The molecule has 1 saturated carbocycles. The first-order chi connectivity index (χ1) is 16.7. The number of ether oxygens (including phenoxy) is 1. The number of carbonyl (C=O) groups excluding carboxylic acids is 2. The number of halogens is 4. The van der Waals surface area contributed by atoms with Crippen LogP contribution in [0.15, 0.2) is 41.4 Å². The number of carbonyl (C=O) groups is 2. The Labute approximate surface area is 200 Å². The maximum absolute atomic E-state index is 14.0. The fraction of sp³-hybridized carbons (Fsp3) is 0.375. The number of amides is 2. The molecule has 2 aromatic rings. The van der Waals surface area contributed by atoms with Crippen LogP contribution in [0.3, 0.4) is 0 Å². The quantitative estimate of drug-likeness (QED) is 0.319. The first kappa shape index (κ1) is 26.0. The van der Waals surface area contributed by atoms with E-state index < -0.39 is 35.3 Å². The SMILES string of the molecule is CCOC(=O)NC1CCC(NC(=NCc2cc(F)ccc2F)NC(=O)c2ccc(F)c(F)c2)CC1. The van der Waals surface area contributed by atoms with Gasteiger partial charge in [0.1, 0.15) is 11.6 Å². The second kappa shape index (κ2) is 12.2. The lowest BCUT2D eigenvalue weighted by Gasteiger charge is -2.30. The van der Waals surface area contributed by atoms with Crippen molar-refractivity contribution in [1.82, 2.24) is 16.0 Å². The van der Waals surface area contributed by atoms with Crippen molar-refractivity contribution in [3.8, 4) is 0 Å². The molecule has 11 heteroatoms. The molecule has 7 nitrogen and oxygen atoms in total. The molecule has 1 aliphatic rings. The van der Waals surface area contributed by atoms with E-state index >= 15 is 0 Å². The zero-order chi connectivity index (χ0) is 25.4. The number of nitrogens with one attached hydrogen (secondary N) is 3. The van der Waals surface area contributed by atoms with Crippen molar-refractivity contribution in [2.45, 2.75) is 51.2 Å². The number of rotatable bonds is 6. The van der Waals surface area contributed by atoms with Gasteiger partial charge in [0.25, 0.3) is 5.91 Å². The van der Waals surface area contributed by atoms with E-state index in [2.05, 4.69) is 20.9 Å². The number of alkyl carbamates (subject to hydrolysis) is 1. The summed E-state index contributed by atoms with van der Waals surface area (Å²) >= 11 is 0. The van der Waals surface area contributed by atoms with Crippen molar-refractivity contribution in [2.75, 3.05) is 6.61 Å². The van der Waals surface area contributed by atoms with Gasteiger partial charge in [-0.1, -0.05) is 0 Å². The van der Waals surface area contributed by atoms with Gasteiger partial charge in [-0.25, -0.2) is 27.3 Å². The molecule has 0 radical (unpaired) electrons. The predicted molar refractivity (Wildman–Crippen MR) is 121 cm³/mol. The third kappa shape index (κ3) is 7.69. The van der Waals surface area contributed by atoms with E-state index in [9.17, 15) is 27.2 Å². The van der Waals surface area contributed by atoms with E-state index in [1.165, 1.54) is 0 Å². The summed E-state index contributed by atoms with van der Waals surface area (Å²) in [4.78, 5) is 28.4. The Kier molecular flexibility index (Phi) is 9.04. The molecule has 188 valence electrons. The summed E-state index contributed by atoms with van der Waals surface area (Å²) in [5, 5.41) is 8.36. The molecule has 0 unspecified atom stereocenters. The summed E-state index contributed by atoms with van der Waals surface area (Å²) in [6.07, 6.45) is 2.03. The first-order valence-electron chi connectivity index (χ1n) is 11.2. The Morgan fingerprint density at radius 1 is 0.914 bits per heavy atom. The summed E-state index contributed by atoms with van der Waals surface area (Å²) in [6.45, 7) is 1.71. The van der Waals surface area contributed by atoms with E-state index in [1.807, 2.05) is 0 Å². The van der Waals surface area contributed by atoms with Gasteiger partial charge in [-0.2, -0.15) is 0 Å². The average molecular weight is 494 g/mol. The lowest BCUT2D eigenvalue weighted by Crippen LogP contribution is -2.49. The van der Waals surface area contributed by atoms with Gasteiger partial charge in [0.05, 0.1) is 13.2 Å². The highest BCUT2D eigenvalue weighted by Crippen LogP contribution is 2.19. The molecule has 3 rings (SSSR count). The van der Waals surface area contributed by atoms with Crippen molar-refractivity contribution in [1.29, 1.82) is 0 Å². The molecule has 35 heavy (non-hydrogen) atoms. The third-order valence-corrected chi connectivity index (χ3v) is 5.49. The van der Waals surface area contributed by atoms with Crippen molar-refractivity contribution < 1.29 is 31.9 Å². The van der Waals surface area contributed by atoms with Crippen LogP contribution in [-0.4, -0.2) is 36.7 Å². The van der Waals surface area contributed by atoms with E-state index in [0.717, 1.165) is 36.4 Å².